The van der Waals surface area contributed by atoms with Gasteiger partial charge >= 0.3 is 0 Å². The van der Waals surface area contributed by atoms with Gasteiger partial charge in [-0.3, -0.25) is 0 Å². The molecule has 0 aliphatic carbocycles. The molecule has 0 amide bonds. The highest BCUT2D eigenvalue weighted by molar-refractivity contribution is 9.10. The Balaban J connectivity index is 1.57. The monoisotopic (exact) mass is 513 g/mol. The minimum atomic E-state index is -0.585. The molecule has 2 N–H and O–H groups in total. The first-order chi connectivity index (χ1) is 14.0. The Bertz CT molecular complexity index is 1170. The van der Waals surface area contributed by atoms with E-state index in [1.165, 1.54) is 0 Å². The number of rotatable bonds is 6. The summed E-state index contributed by atoms with van der Waals surface area (Å²) in [7, 11) is 0. The van der Waals surface area contributed by atoms with E-state index in [9.17, 15) is 5.11 Å². The molecule has 4 rings (SSSR count). The summed E-state index contributed by atoms with van der Waals surface area (Å²) in [5, 5.41) is 19.8. The van der Waals surface area contributed by atoms with Crippen molar-refractivity contribution in [3.8, 4) is 0 Å². The number of hydrogen-bond acceptors (Lipinski definition) is 3. The van der Waals surface area contributed by atoms with E-state index in [1.54, 1.807) is 12.1 Å². The molecule has 1 atom stereocenters. The first-order valence-electron chi connectivity index (χ1n) is 8.99. The van der Waals surface area contributed by atoms with Crippen molar-refractivity contribution in [2.24, 2.45) is 5.11 Å². The van der Waals surface area contributed by atoms with Crippen LogP contribution >= 0.6 is 31.9 Å². The van der Waals surface area contributed by atoms with Crippen LogP contribution in [0.3, 0.4) is 0 Å². The number of anilines is 1. The average Bonchev–Trinajstić information content (AvgIpc) is 3.00. The molecule has 0 saturated carbocycles. The van der Waals surface area contributed by atoms with E-state index < -0.39 is 6.10 Å². The summed E-state index contributed by atoms with van der Waals surface area (Å²) in [6, 6.07) is 19.5. The Labute approximate surface area is 184 Å². The number of benzene rings is 3. The van der Waals surface area contributed by atoms with Gasteiger partial charge in [-0.15, -0.1) is 0 Å². The Hall–Kier alpha value is -2.51. The Kier molecular flexibility index (Phi) is 5.78. The molecule has 6 nitrogen and oxygen atoms in total. The Morgan fingerprint density at radius 2 is 1.55 bits per heavy atom. The van der Waals surface area contributed by atoms with E-state index in [4.69, 9.17) is 5.53 Å². The third-order valence-electron chi connectivity index (χ3n) is 4.75. The molecule has 0 fully saturated rings. The number of fused-ring (bicyclic) bond motifs is 3. The standard InChI is InChI=1S/C21H17Br2N5O/c22-13-1-7-20-18(9-13)19-10-14(23)2-8-21(19)28(20)12-17(29)11-25-15-3-5-16(6-4-15)26-27-24/h1-10,17,25,29H,11-12H2. The maximum atomic E-state index is 10.7. The summed E-state index contributed by atoms with van der Waals surface area (Å²) in [6.45, 7) is 0.863. The molecule has 1 unspecified atom stereocenters. The predicted molar refractivity (Wildman–Crippen MR) is 125 cm³/mol. The molecule has 0 radical (unpaired) electrons. The average molecular weight is 515 g/mol. The van der Waals surface area contributed by atoms with Gasteiger partial charge in [0.15, 0.2) is 0 Å². The topological polar surface area (TPSA) is 86.0 Å². The van der Waals surface area contributed by atoms with Crippen molar-refractivity contribution < 1.29 is 5.11 Å². The van der Waals surface area contributed by atoms with Crippen molar-refractivity contribution in [1.82, 2.24) is 4.57 Å². The van der Waals surface area contributed by atoms with Crippen molar-refractivity contribution in [2.75, 3.05) is 11.9 Å². The highest BCUT2D eigenvalue weighted by atomic mass is 79.9. The Morgan fingerprint density at radius 3 is 2.10 bits per heavy atom. The zero-order valence-electron chi connectivity index (χ0n) is 15.3. The van der Waals surface area contributed by atoms with Crippen LogP contribution in [-0.4, -0.2) is 22.3 Å². The fourth-order valence-electron chi connectivity index (χ4n) is 3.45. The molecule has 0 aliphatic heterocycles. The molecule has 8 heteroatoms. The molecule has 1 aromatic heterocycles. The molecule has 29 heavy (non-hydrogen) atoms. The van der Waals surface area contributed by atoms with Crippen molar-refractivity contribution in [2.45, 2.75) is 12.6 Å². The summed E-state index contributed by atoms with van der Waals surface area (Å²) >= 11 is 7.11. The number of aliphatic hydroxyl groups excluding tert-OH is 1. The molecular weight excluding hydrogens is 498 g/mol. The summed E-state index contributed by atoms with van der Waals surface area (Å²) in [5.74, 6) is 0. The van der Waals surface area contributed by atoms with E-state index in [1.807, 2.05) is 24.3 Å². The third kappa shape index (κ3) is 4.26. The maximum absolute atomic E-state index is 10.7. The summed E-state index contributed by atoms with van der Waals surface area (Å²) in [5.41, 5.74) is 12.0. The number of halogens is 2. The van der Waals surface area contributed by atoms with Gasteiger partial charge in [-0.25, -0.2) is 0 Å². The van der Waals surface area contributed by atoms with Crippen LogP contribution in [0.1, 0.15) is 0 Å². The van der Waals surface area contributed by atoms with Gasteiger partial charge in [0, 0.05) is 53.6 Å². The molecule has 0 spiro atoms. The van der Waals surface area contributed by atoms with Gasteiger partial charge in [-0.05, 0) is 54.1 Å². The van der Waals surface area contributed by atoms with Crippen LogP contribution in [0.5, 0.6) is 0 Å². The molecule has 0 aliphatic rings. The second kappa shape index (κ2) is 8.47. The van der Waals surface area contributed by atoms with Gasteiger partial charge in [0.05, 0.1) is 12.6 Å². The van der Waals surface area contributed by atoms with Gasteiger partial charge in [-0.1, -0.05) is 49.1 Å². The lowest BCUT2D eigenvalue weighted by molar-refractivity contribution is 0.169. The number of nitrogens with zero attached hydrogens (tertiary/aromatic N) is 4. The van der Waals surface area contributed by atoms with Crippen molar-refractivity contribution >= 4 is 65.0 Å². The zero-order chi connectivity index (χ0) is 20.4. The van der Waals surface area contributed by atoms with E-state index >= 15 is 0 Å². The summed E-state index contributed by atoms with van der Waals surface area (Å²) < 4.78 is 4.20. The van der Waals surface area contributed by atoms with E-state index in [0.29, 0.717) is 18.8 Å². The summed E-state index contributed by atoms with van der Waals surface area (Å²) in [4.78, 5) is 2.77. The largest absolute Gasteiger partial charge is 0.389 e. The highest BCUT2D eigenvalue weighted by Gasteiger charge is 2.14. The fraction of sp³-hybridized carbons (Fsp3) is 0.143. The van der Waals surface area contributed by atoms with Gasteiger partial charge < -0.3 is 15.0 Å². The quantitative estimate of drug-likeness (QED) is 0.170. The molecule has 0 bridgehead atoms. The number of azide groups is 1. The molecule has 1 heterocycles. The van der Waals surface area contributed by atoms with Gasteiger partial charge in [0.2, 0.25) is 0 Å². The first kappa shape index (κ1) is 19.8. The maximum Gasteiger partial charge on any atom is 0.0891 e. The fourth-order valence-corrected chi connectivity index (χ4v) is 4.18. The second-order valence-corrected chi connectivity index (χ2v) is 8.54. The van der Waals surface area contributed by atoms with Crippen LogP contribution in [0, 0.1) is 0 Å². The van der Waals surface area contributed by atoms with Crippen LogP contribution in [0.25, 0.3) is 32.2 Å². The number of aliphatic hydroxyl groups is 1. The molecule has 3 aromatic carbocycles. The smallest absolute Gasteiger partial charge is 0.0891 e. The van der Waals surface area contributed by atoms with Gasteiger partial charge in [0.25, 0.3) is 0 Å². The van der Waals surface area contributed by atoms with Crippen LogP contribution in [0.4, 0.5) is 11.4 Å². The Morgan fingerprint density at radius 1 is 0.966 bits per heavy atom. The van der Waals surface area contributed by atoms with Crippen LogP contribution < -0.4 is 5.32 Å². The van der Waals surface area contributed by atoms with E-state index in [-0.39, 0.29) is 0 Å². The van der Waals surface area contributed by atoms with Crippen LogP contribution in [0.2, 0.25) is 0 Å². The normalized spacial score (nSPS) is 12.1. The van der Waals surface area contributed by atoms with Crippen molar-refractivity contribution in [3.63, 3.8) is 0 Å². The van der Waals surface area contributed by atoms with Gasteiger partial charge in [0.1, 0.15) is 0 Å². The lowest BCUT2D eigenvalue weighted by Gasteiger charge is -2.16. The zero-order valence-corrected chi connectivity index (χ0v) is 18.4. The van der Waals surface area contributed by atoms with Crippen LogP contribution in [0.15, 0.2) is 74.7 Å². The second-order valence-electron chi connectivity index (χ2n) is 6.70. The molecular formula is C21H17Br2N5O. The lowest BCUT2D eigenvalue weighted by atomic mass is 10.2. The minimum absolute atomic E-state index is 0.398. The summed E-state index contributed by atoms with van der Waals surface area (Å²) in [6.07, 6.45) is -0.585. The highest BCUT2D eigenvalue weighted by Crippen LogP contribution is 2.33. The first-order valence-corrected chi connectivity index (χ1v) is 10.6. The van der Waals surface area contributed by atoms with Gasteiger partial charge in [-0.2, -0.15) is 0 Å². The molecule has 146 valence electrons. The number of aromatic nitrogens is 1. The lowest BCUT2D eigenvalue weighted by Crippen LogP contribution is -2.24. The molecule has 4 aromatic rings. The van der Waals surface area contributed by atoms with Crippen molar-refractivity contribution in [3.05, 3.63) is 80.1 Å². The minimum Gasteiger partial charge on any atom is -0.389 e. The van der Waals surface area contributed by atoms with E-state index in [0.717, 1.165) is 36.4 Å². The number of nitrogens with one attached hydrogen (secondary N) is 1. The van der Waals surface area contributed by atoms with E-state index in [2.05, 4.69) is 76.0 Å². The van der Waals surface area contributed by atoms with Crippen molar-refractivity contribution in [1.29, 1.82) is 0 Å². The predicted octanol–water partition coefficient (Wildman–Crippen LogP) is 6.73. The third-order valence-corrected chi connectivity index (χ3v) is 5.74. The van der Waals surface area contributed by atoms with Crippen LogP contribution in [-0.2, 0) is 6.54 Å². The SMILES string of the molecule is [N-]=[N+]=Nc1ccc(NCC(O)Cn2c3ccc(Br)cc3c3cc(Br)ccc32)cc1. The number of hydrogen-bond donors (Lipinski definition) is 2. The molecule has 0 saturated heterocycles.